The zero-order chi connectivity index (χ0) is 26.5. The van der Waals surface area contributed by atoms with E-state index < -0.39 is 11.9 Å². The van der Waals surface area contributed by atoms with Crippen LogP contribution in [0.5, 0.6) is 5.75 Å². The number of hydrazone groups is 1. The quantitative estimate of drug-likeness (QED) is 0.118. The Bertz CT molecular complexity index is 1710. The van der Waals surface area contributed by atoms with E-state index in [1.54, 1.807) is 36.4 Å². The Balaban J connectivity index is 1.16. The summed E-state index contributed by atoms with van der Waals surface area (Å²) in [5, 5.41) is 9.45. The molecule has 0 saturated heterocycles. The number of carbonyl (C=O) groups is 3. The number of esters is 1. The van der Waals surface area contributed by atoms with Crippen LogP contribution in [0, 0.1) is 0 Å². The van der Waals surface area contributed by atoms with Crippen molar-refractivity contribution in [2.24, 2.45) is 5.10 Å². The van der Waals surface area contributed by atoms with E-state index >= 15 is 0 Å². The van der Waals surface area contributed by atoms with Gasteiger partial charge in [-0.05, 0) is 40.6 Å². The molecule has 5 rings (SSSR count). The first kappa shape index (κ1) is 25.1. The fourth-order valence-corrected chi connectivity index (χ4v) is 5.24. The predicted molar refractivity (Wildman–Crippen MR) is 150 cm³/mol. The molecule has 0 radical (unpaired) electrons. The van der Waals surface area contributed by atoms with Crippen molar-refractivity contribution in [3.8, 4) is 5.75 Å². The highest BCUT2D eigenvalue weighted by Crippen LogP contribution is 2.35. The van der Waals surface area contributed by atoms with Crippen LogP contribution in [0.2, 0.25) is 5.02 Å². The van der Waals surface area contributed by atoms with Gasteiger partial charge in [0.25, 0.3) is 11.8 Å². The maximum Gasteiger partial charge on any atom is 0.355 e. The minimum absolute atomic E-state index is 0.243. The molecule has 0 fully saturated rings. The molecular weight excluding hydrogens is 522 g/mol. The number of benzene rings is 4. The Kier molecular flexibility index (Phi) is 7.44. The smallest absolute Gasteiger partial charge is 0.355 e. The highest BCUT2D eigenvalue weighted by Gasteiger charge is 2.19. The van der Waals surface area contributed by atoms with Gasteiger partial charge >= 0.3 is 5.97 Å². The summed E-state index contributed by atoms with van der Waals surface area (Å²) in [6, 6.07) is 27.1. The van der Waals surface area contributed by atoms with Crippen molar-refractivity contribution in [2.75, 3.05) is 6.54 Å². The number of hydrogen-bond acceptors (Lipinski definition) is 6. The first-order valence-electron chi connectivity index (χ1n) is 11.6. The van der Waals surface area contributed by atoms with Gasteiger partial charge in [-0.15, -0.1) is 11.3 Å². The van der Waals surface area contributed by atoms with Crippen LogP contribution in [0.3, 0.4) is 0 Å². The van der Waals surface area contributed by atoms with Crippen LogP contribution in [-0.2, 0) is 4.79 Å². The number of rotatable bonds is 7. The second-order valence-corrected chi connectivity index (χ2v) is 9.64. The third kappa shape index (κ3) is 5.56. The van der Waals surface area contributed by atoms with Crippen LogP contribution >= 0.6 is 22.9 Å². The van der Waals surface area contributed by atoms with E-state index in [0.717, 1.165) is 20.9 Å². The molecule has 0 spiro atoms. The van der Waals surface area contributed by atoms with E-state index in [9.17, 15) is 14.4 Å². The van der Waals surface area contributed by atoms with Crippen LogP contribution in [0.1, 0.15) is 25.6 Å². The van der Waals surface area contributed by atoms with Gasteiger partial charge in [0, 0.05) is 15.6 Å². The van der Waals surface area contributed by atoms with Crippen molar-refractivity contribution in [3.05, 3.63) is 112 Å². The van der Waals surface area contributed by atoms with Gasteiger partial charge in [0.2, 0.25) is 0 Å². The van der Waals surface area contributed by atoms with E-state index in [1.807, 2.05) is 54.6 Å². The van der Waals surface area contributed by atoms with Crippen LogP contribution in [0.25, 0.3) is 20.9 Å². The normalized spacial score (nSPS) is 11.1. The van der Waals surface area contributed by atoms with Gasteiger partial charge in [-0.1, -0.05) is 78.3 Å². The maximum atomic E-state index is 12.7. The number of halogens is 1. The molecule has 9 heteroatoms. The Hall–Kier alpha value is -4.53. The number of ether oxygens (including phenoxy) is 1. The zero-order valence-corrected chi connectivity index (χ0v) is 21.4. The summed E-state index contributed by atoms with van der Waals surface area (Å²) in [6.45, 7) is -0.243. The molecule has 5 aromatic rings. The number of nitrogens with zero attached hydrogens (tertiary/aromatic N) is 1. The Morgan fingerprint density at radius 1 is 0.895 bits per heavy atom. The van der Waals surface area contributed by atoms with Crippen molar-refractivity contribution in [3.63, 3.8) is 0 Å². The summed E-state index contributed by atoms with van der Waals surface area (Å²) in [5.41, 5.74) is 3.46. The lowest BCUT2D eigenvalue weighted by molar-refractivity contribution is -0.120. The molecule has 7 nitrogen and oxygen atoms in total. The molecule has 0 aliphatic rings. The minimum Gasteiger partial charge on any atom is -0.422 e. The van der Waals surface area contributed by atoms with Gasteiger partial charge < -0.3 is 10.1 Å². The lowest BCUT2D eigenvalue weighted by atomic mass is 10.0. The molecule has 0 saturated carbocycles. The topological polar surface area (TPSA) is 96.9 Å². The van der Waals surface area contributed by atoms with Gasteiger partial charge in [0.05, 0.1) is 17.8 Å². The second-order valence-electron chi connectivity index (χ2n) is 8.21. The summed E-state index contributed by atoms with van der Waals surface area (Å²) in [7, 11) is 0. The molecule has 0 unspecified atom stereocenters. The fraction of sp³-hybridized carbons (Fsp3) is 0.0345. The van der Waals surface area contributed by atoms with Crippen LogP contribution in [0.15, 0.2) is 96.1 Å². The third-order valence-electron chi connectivity index (χ3n) is 5.64. The molecule has 1 aromatic heterocycles. The SMILES string of the molecule is O=C(CNC(=O)c1cccc2ccccc12)N/N=C/c1cccc(OC(=O)c2sc3ccccc3c2Cl)c1. The van der Waals surface area contributed by atoms with Gasteiger partial charge in [0.15, 0.2) is 0 Å². The van der Waals surface area contributed by atoms with E-state index in [0.29, 0.717) is 26.8 Å². The molecular formula is C29H20ClN3O4S. The molecule has 0 bridgehead atoms. The lowest BCUT2D eigenvalue weighted by Crippen LogP contribution is -2.35. The molecule has 188 valence electrons. The largest absolute Gasteiger partial charge is 0.422 e. The first-order chi connectivity index (χ1) is 18.5. The summed E-state index contributed by atoms with van der Waals surface area (Å²) in [5.74, 6) is -1.09. The average molecular weight is 542 g/mol. The molecule has 0 atom stereocenters. The van der Waals surface area contributed by atoms with Gasteiger partial charge in [-0.3, -0.25) is 9.59 Å². The number of thiophene rings is 1. The molecule has 4 aromatic carbocycles. The fourth-order valence-electron chi connectivity index (χ4n) is 3.85. The van der Waals surface area contributed by atoms with Gasteiger partial charge in [0.1, 0.15) is 10.6 Å². The van der Waals surface area contributed by atoms with E-state index in [-0.39, 0.29) is 12.5 Å². The molecule has 2 amide bonds. The first-order valence-corrected chi connectivity index (χ1v) is 12.8. The lowest BCUT2D eigenvalue weighted by Gasteiger charge is -2.07. The minimum atomic E-state index is -0.555. The predicted octanol–water partition coefficient (Wildman–Crippen LogP) is 5.81. The molecule has 38 heavy (non-hydrogen) atoms. The van der Waals surface area contributed by atoms with Gasteiger partial charge in [-0.25, -0.2) is 10.2 Å². The Morgan fingerprint density at radius 2 is 1.63 bits per heavy atom. The summed E-state index contributed by atoms with van der Waals surface area (Å²) >= 11 is 7.64. The van der Waals surface area contributed by atoms with Gasteiger partial charge in [-0.2, -0.15) is 5.10 Å². The van der Waals surface area contributed by atoms with E-state index in [1.165, 1.54) is 17.6 Å². The Morgan fingerprint density at radius 3 is 2.47 bits per heavy atom. The number of carbonyl (C=O) groups excluding carboxylic acids is 3. The summed E-state index contributed by atoms with van der Waals surface area (Å²) < 4.78 is 6.40. The highest BCUT2D eigenvalue weighted by atomic mass is 35.5. The number of nitrogens with one attached hydrogen (secondary N) is 2. The van der Waals surface area contributed by atoms with Crippen LogP contribution < -0.4 is 15.5 Å². The molecule has 1 heterocycles. The third-order valence-corrected chi connectivity index (χ3v) is 7.29. The number of hydrogen-bond donors (Lipinski definition) is 2. The second kappa shape index (κ2) is 11.2. The Labute approximate surface area is 226 Å². The molecule has 2 N–H and O–H groups in total. The highest BCUT2D eigenvalue weighted by molar-refractivity contribution is 7.21. The maximum absolute atomic E-state index is 12.7. The van der Waals surface area contributed by atoms with Crippen molar-refractivity contribution in [2.45, 2.75) is 0 Å². The number of fused-ring (bicyclic) bond motifs is 2. The number of amides is 2. The summed E-state index contributed by atoms with van der Waals surface area (Å²) in [6.07, 6.45) is 1.41. The van der Waals surface area contributed by atoms with E-state index in [4.69, 9.17) is 16.3 Å². The van der Waals surface area contributed by atoms with Crippen molar-refractivity contribution in [1.29, 1.82) is 0 Å². The van der Waals surface area contributed by atoms with Crippen molar-refractivity contribution < 1.29 is 19.1 Å². The monoisotopic (exact) mass is 541 g/mol. The molecule has 0 aliphatic carbocycles. The van der Waals surface area contributed by atoms with Crippen molar-refractivity contribution >= 4 is 67.8 Å². The summed E-state index contributed by atoms with van der Waals surface area (Å²) in [4.78, 5) is 37.8. The van der Waals surface area contributed by atoms with Crippen LogP contribution in [-0.4, -0.2) is 30.5 Å². The van der Waals surface area contributed by atoms with Crippen LogP contribution in [0.4, 0.5) is 0 Å². The molecule has 0 aliphatic heterocycles. The zero-order valence-electron chi connectivity index (χ0n) is 19.8. The van der Waals surface area contributed by atoms with E-state index in [2.05, 4.69) is 15.8 Å². The average Bonchev–Trinajstić information content (AvgIpc) is 3.28. The van der Waals surface area contributed by atoms with Crippen molar-refractivity contribution in [1.82, 2.24) is 10.7 Å². The standard InChI is InChI=1S/C29H20ClN3O4S/c30-26-23-12-3-4-14-24(23)38-27(26)29(36)37-20-10-5-7-18(15-20)16-32-33-25(34)17-31-28(35)22-13-6-9-19-8-1-2-11-21(19)22/h1-16H,17H2,(H,31,35)(H,33,34)/b32-16+.